The van der Waals surface area contributed by atoms with Gasteiger partial charge in [0.25, 0.3) is 0 Å². The highest BCUT2D eigenvalue weighted by atomic mass is 16.5. The number of aromatic nitrogens is 2. The lowest BCUT2D eigenvalue weighted by Crippen LogP contribution is -2.46. The number of methoxy groups -OCH3 is 2. The molecule has 2 fully saturated rings. The van der Waals surface area contributed by atoms with Crippen molar-refractivity contribution in [2.75, 3.05) is 32.6 Å². The molecule has 0 unspecified atom stereocenters. The zero-order valence-electron chi connectivity index (χ0n) is 22.0. The van der Waals surface area contributed by atoms with E-state index in [-0.39, 0.29) is 17.4 Å². The maximum absolute atomic E-state index is 12.0. The van der Waals surface area contributed by atoms with Crippen LogP contribution >= 0.6 is 0 Å². The van der Waals surface area contributed by atoms with Gasteiger partial charge in [-0.2, -0.15) is 0 Å². The number of amides is 1. The van der Waals surface area contributed by atoms with E-state index >= 15 is 0 Å². The SMILES string of the molecule is C=CC(=O)N1CCC2(CC(Oc3cc4c(Nc5cc(-c6ccco6)ccc5OC)ncnc4cc3OC)C2)C1. The normalized spacial score (nSPS) is 20.1. The molecule has 1 spiro atoms. The van der Waals surface area contributed by atoms with Crippen LogP contribution in [0.25, 0.3) is 22.2 Å². The molecule has 0 atom stereocenters. The molecule has 1 saturated heterocycles. The molecule has 6 rings (SSSR count). The number of carbonyl (C=O) groups excluding carboxylic acids is 1. The van der Waals surface area contributed by atoms with Crippen molar-refractivity contribution >= 4 is 28.3 Å². The molecule has 39 heavy (non-hydrogen) atoms. The Hall–Kier alpha value is -4.53. The molecule has 2 aromatic carbocycles. The van der Waals surface area contributed by atoms with E-state index in [9.17, 15) is 4.79 Å². The Kier molecular flexibility index (Phi) is 6.34. The lowest BCUT2D eigenvalue weighted by Gasteiger charge is -2.44. The minimum absolute atomic E-state index is 0.00111. The first-order chi connectivity index (χ1) is 19.0. The summed E-state index contributed by atoms with van der Waals surface area (Å²) in [6, 6.07) is 13.3. The molecule has 0 bridgehead atoms. The molecule has 200 valence electrons. The second-order valence-corrected chi connectivity index (χ2v) is 10.1. The van der Waals surface area contributed by atoms with E-state index in [0.29, 0.717) is 23.1 Å². The molecular weight excluding hydrogens is 496 g/mol. The lowest BCUT2D eigenvalue weighted by molar-refractivity contribution is -0.126. The third-order valence-electron chi connectivity index (χ3n) is 7.72. The summed E-state index contributed by atoms with van der Waals surface area (Å²) in [5.74, 6) is 3.28. The Morgan fingerprint density at radius 3 is 2.72 bits per heavy atom. The van der Waals surface area contributed by atoms with Crippen LogP contribution < -0.4 is 19.5 Å². The molecule has 9 nitrogen and oxygen atoms in total. The predicted octanol–water partition coefficient (Wildman–Crippen LogP) is 5.60. The van der Waals surface area contributed by atoms with Crippen molar-refractivity contribution in [2.45, 2.75) is 25.4 Å². The fraction of sp³-hybridized carbons (Fsp3) is 0.300. The second kappa shape index (κ2) is 9.98. The van der Waals surface area contributed by atoms with Gasteiger partial charge in [0.2, 0.25) is 5.91 Å². The average molecular weight is 527 g/mol. The van der Waals surface area contributed by atoms with Gasteiger partial charge in [0, 0.05) is 30.1 Å². The summed E-state index contributed by atoms with van der Waals surface area (Å²) in [5.41, 5.74) is 2.49. The van der Waals surface area contributed by atoms with E-state index in [1.165, 1.54) is 12.4 Å². The fourth-order valence-electron chi connectivity index (χ4n) is 5.70. The van der Waals surface area contributed by atoms with Crippen molar-refractivity contribution < 1.29 is 23.4 Å². The predicted molar refractivity (Wildman–Crippen MR) is 148 cm³/mol. The molecule has 4 aromatic rings. The Labute approximate surface area is 226 Å². The number of hydrogen-bond donors (Lipinski definition) is 1. The van der Waals surface area contributed by atoms with Crippen molar-refractivity contribution in [1.82, 2.24) is 14.9 Å². The highest BCUT2D eigenvalue weighted by molar-refractivity contribution is 5.93. The number of rotatable bonds is 8. The van der Waals surface area contributed by atoms with Gasteiger partial charge >= 0.3 is 0 Å². The summed E-state index contributed by atoms with van der Waals surface area (Å²) in [7, 11) is 3.25. The Balaban J connectivity index is 1.26. The van der Waals surface area contributed by atoms with Gasteiger partial charge in [0.1, 0.15) is 29.8 Å². The van der Waals surface area contributed by atoms with Gasteiger partial charge < -0.3 is 28.8 Å². The third-order valence-corrected chi connectivity index (χ3v) is 7.72. The number of anilines is 2. The average Bonchev–Trinajstić information content (AvgIpc) is 3.64. The molecular formula is C30H30N4O5. The van der Waals surface area contributed by atoms with Crippen LogP contribution in [0.4, 0.5) is 11.5 Å². The molecule has 1 N–H and O–H groups in total. The second-order valence-electron chi connectivity index (χ2n) is 10.1. The zero-order valence-corrected chi connectivity index (χ0v) is 22.0. The molecule has 9 heteroatoms. The summed E-state index contributed by atoms with van der Waals surface area (Å²) in [6.45, 7) is 5.14. The molecule has 0 radical (unpaired) electrons. The monoisotopic (exact) mass is 526 g/mol. The molecule has 3 heterocycles. The number of furan rings is 1. The third kappa shape index (κ3) is 4.65. The molecule has 2 aromatic heterocycles. The van der Waals surface area contributed by atoms with Gasteiger partial charge in [-0.3, -0.25) is 4.79 Å². The highest BCUT2D eigenvalue weighted by Crippen LogP contribution is 2.50. The van der Waals surface area contributed by atoms with Crippen LogP contribution in [-0.4, -0.2) is 54.2 Å². The van der Waals surface area contributed by atoms with Crippen LogP contribution in [0.2, 0.25) is 0 Å². The molecule has 1 aliphatic carbocycles. The van der Waals surface area contributed by atoms with Crippen LogP contribution in [0, 0.1) is 5.41 Å². The van der Waals surface area contributed by atoms with E-state index < -0.39 is 0 Å². The van der Waals surface area contributed by atoms with E-state index in [2.05, 4.69) is 21.9 Å². The number of fused-ring (bicyclic) bond motifs is 1. The van der Waals surface area contributed by atoms with Crippen molar-refractivity contribution in [3.8, 4) is 28.6 Å². The van der Waals surface area contributed by atoms with Gasteiger partial charge in [-0.1, -0.05) is 6.58 Å². The summed E-state index contributed by atoms with van der Waals surface area (Å²) in [5, 5.41) is 4.20. The van der Waals surface area contributed by atoms with Gasteiger partial charge in [-0.05, 0) is 67.2 Å². The lowest BCUT2D eigenvalue weighted by atomic mass is 9.66. The first-order valence-electron chi connectivity index (χ1n) is 12.9. The number of likely N-dealkylation sites (tertiary alicyclic amines) is 1. The Morgan fingerprint density at radius 1 is 1.13 bits per heavy atom. The molecule has 1 aliphatic heterocycles. The van der Waals surface area contributed by atoms with Crippen LogP contribution in [0.1, 0.15) is 19.3 Å². The van der Waals surface area contributed by atoms with Crippen LogP contribution in [0.15, 0.2) is 72.1 Å². The zero-order chi connectivity index (χ0) is 27.0. The van der Waals surface area contributed by atoms with Crippen molar-refractivity contribution in [1.29, 1.82) is 0 Å². The topological polar surface area (TPSA) is 99.0 Å². The van der Waals surface area contributed by atoms with Gasteiger partial charge in [0.05, 0.1) is 31.7 Å². The van der Waals surface area contributed by atoms with E-state index in [1.807, 2.05) is 47.4 Å². The van der Waals surface area contributed by atoms with Crippen molar-refractivity contribution in [2.24, 2.45) is 5.41 Å². The minimum atomic E-state index is -0.00111. The smallest absolute Gasteiger partial charge is 0.245 e. The standard InChI is InChI=1S/C30H30N4O5/c1-4-28(35)34-10-9-30(17-34)15-20(16-30)39-27-13-21-22(14-26(27)37-3)31-18-32-29(21)33-23-12-19(7-8-25(23)36-2)24-6-5-11-38-24/h4-8,11-14,18,20H,1,9-10,15-17H2,2-3H3,(H,31,32,33). The quantitative estimate of drug-likeness (QED) is 0.297. The first kappa shape index (κ1) is 24.8. The Bertz CT molecular complexity index is 1530. The van der Waals surface area contributed by atoms with E-state index in [0.717, 1.165) is 60.3 Å². The number of benzene rings is 2. The molecule has 1 saturated carbocycles. The number of hydrogen-bond acceptors (Lipinski definition) is 8. The van der Waals surface area contributed by atoms with Crippen molar-refractivity contribution in [3.63, 3.8) is 0 Å². The van der Waals surface area contributed by atoms with Gasteiger partial charge in [-0.15, -0.1) is 0 Å². The summed E-state index contributed by atoms with van der Waals surface area (Å²) < 4.78 is 23.3. The highest BCUT2D eigenvalue weighted by Gasteiger charge is 2.50. The van der Waals surface area contributed by atoms with E-state index in [4.69, 9.17) is 18.6 Å². The van der Waals surface area contributed by atoms with Gasteiger partial charge in [-0.25, -0.2) is 9.97 Å². The van der Waals surface area contributed by atoms with Crippen LogP contribution in [0.5, 0.6) is 17.2 Å². The molecule has 2 aliphatic rings. The Morgan fingerprint density at radius 2 is 1.97 bits per heavy atom. The number of carbonyl (C=O) groups is 1. The first-order valence-corrected chi connectivity index (χ1v) is 12.9. The number of nitrogens with one attached hydrogen (secondary N) is 1. The summed E-state index contributed by atoms with van der Waals surface area (Å²) in [4.78, 5) is 22.9. The van der Waals surface area contributed by atoms with Gasteiger partial charge in [0.15, 0.2) is 11.5 Å². The number of ether oxygens (including phenoxy) is 3. The summed E-state index contributed by atoms with van der Waals surface area (Å²) in [6.07, 6.45) is 7.36. The number of nitrogens with zero attached hydrogens (tertiary/aromatic N) is 3. The largest absolute Gasteiger partial charge is 0.495 e. The minimum Gasteiger partial charge on any atom is -0.495 e. The summed E-state index contributed by atoms with van der Waals surface area (Å²) >= 11 is 0. The maximum Gasteiger partial charge on any atom is 0.245 e. The van der Waals surface area contributed by atoms with E-state index in [1.54, 1.807) is 20.5 Å². The maximum atomic E-state index is 12.0. The fourth-order valence-corrected chi connectivity index (χ4v) is 5.70. The van der Waals surface area contributed by atoms with Crippen molar-refractivity contribution in [3.05, 3.63) is 67.7 Å². The van der Waals surface area contributed by atoms with Crippen LogP contribution in [0.3, 0.4) is 0 Å². The van der Waals surface area contributed by atoms with Crippen LogP contribution in [-0.2, 0) is 4.79 Å². The molecule has 1 amide bonds.